The summed E-state index contributed by atoms with van der Waals surface area (Å²) in [5, 5.41) is 0. The van der Waals surface area contributed by atoms with Gasteiger partial charge in [0.1, 0.15) is 0 Å². The van der Waals surface area contributed by atoms with Crippen LogP contribution in [0.1, 0.15) is 95.1 Å². The smallest absolute Gasteiger partial charge is 0.200 e. The molecule has 32 heavy (non-hydrogen) atoms. The SMILES string of the molecule is CCCCC[SiH]1CCC(C2CCC(CCCCc3ccc(C(F)=C(F)F)cc3)CC2)CC1. The first-order valence-corrected chi connectivity index (χ1v) is 15.8. The highest BCUT2D eigenvalue weighted by Crippen LogP contribution is 2.42. The van der Waals surface area contributed by atoms with Gasteiger partial charge in [0.05, 0.1) is 0 Å². The predicted molar refractivity (Wildman–Crippen MR) is 134 cm³/mol. The molecular formula is C28H43F3Si. The molecule has 1 saturated heterocycles. The third kappa shape index (κ3) is 8.08. The lowest BCUT2D eigenvalue weighted by molar-refractivity contribution is 0.184. The third-order valence-corrected chi connectivity index (χ3v) is 11.9. The van der Waals surface area contributed by atoms with Gasteiger partial charge in [-0.1, -0.05) is 107 Å². The molecule has 1 heterocycles. The first-order chi connectivity index (χ1) is 15.6. The number of aryl methyl sites for hydroxylation is 1. The van der Waals surface area contributed by atoms with Crippen molar-refractivity contribution in [3.8, 4) is 0 Å². The second kappa shape index (κ2) is 13.6. The number of halogens is 3. The van der Waals surface area contributed by atoms with E-state index >= 15 is 0 Å². The van der Waals surface area contributed by atoms with Crippen LogP contribution >= 0.6 is 0 Å². The summed E-state index contributed by atoms with van der Waals surface area (Å²) in [7, 11) is -0.375. The summed E-state index contributed by atoms with van der Waals surface area (Å²) in [6, 6.07) is 11.4. The normalized spacial score (nSPS) is 26.1. The fourth-order valence-corrected chi connectivity index (χ4v) is 9.80. The summed E-state index contributed by atoms with van der Waals surface area (Å²) in [5.74, 6) is 1.55. The van der Waals surface area contributed by atoms with E-state index in [4.69, 9.17) is 0 Å². The summed E-state index contributed by atoms with van der Waals surface area (Å²) in [6.45, 7) is 2.32. The molecule has 0 bridgehead atoms. The molecule has 180 valence electrons. The van der Waals surface area contributed by atoms with Crippen LogP contribution in [0.3, 0.4) is 0 Å². The van der Waals surface area contributed by atoms with Gasteiger partial charge in [0.25, 0.3) is 0 Å². The van der Waals surface area contributed by atoms with Crippen LogP contribution in [0.25, 0.3) is 5.83 Å². The number of benzene rings is 1. The molecule has 0 spiro atoms. The van der Waals surface area contributed by atoms with Crippen molar-refractivity contribution in [1.82, 2.24) is 0 Å². The molecule has 2 aliphatic rings. The predicted octanol–water partition coefficient (Wildman–Crippen LogP) is 9.57. The van der Waals surface area contributed by atoms with E-state index in [0.717, 1.165) is 36.2 Å². The van der Waals surface area contributed by atoms with Crippen molar-refractivity contribution in [3.63, 3.8) is 0 Å². The van der Waals surface area contributed by atoms with E-state index in [2.05, 4.69) is 6.92 Å². The number of unbranched alkanes of at least 4 members (excludes halogenated alkanes) is 3. The van der Waals surface area contributed by atoms with Crippen LogP contribution < -0.4 is 0 Å². The summed E-state index contributed by atoms with van der Waals surface area (Å²) in [5.41, 5.74) is 1.08. The van der Waals surface area contributed by atoms with Crippen LogP contribution in [0.4, 0.5) is 13.2 Å². The van der Waals surface area contributed by atoms with Gasteiger partial charge < -0.3 is 0 Å². The molecule has 1 aliphatic carbocycles. The maximum absolute atomic E-state index is 13.3. The zero-order valence-corrected chi connectivity index (χ0v) is 21.2. The van der Waals surface area contributed by atoms with Gasteiger partial charge >= 0.3 is 6.08 Å². The summed E-state index contributed by atoms with van der Waals surface area (Å²) in [6.07, 6.45) is 15.6. The Bertz CT molecular complexity index is 679. The zero-order chi connectivity index (χ0) is 22.8. The summed E-state index contributed by atoms with van der Waals surface area (Å²) in [4.78, 5) is 0. The van der Waals surface area contributed by atoms with Gasteiger partial charge in [0, 0.05) is 14.4 Å². The van der Waals surface area contributed by atoms with Gasteiger partial charge in [0.15, 0.2) is 5.83 Å². The summed E-state index contributed by atoms with van der Waals surface area (Å²) < 4.78 is 37.9. The van der Waals surface area contributed by atoms with Crippen LogP contribution in [0.2, 0.25) is 18.1 Å². The molecule has 1 aromatic carbocycles. The lowest BCUT2D eigenvalue weighted by atomic mass is 9.73. The van der Waals surface area contributed by atoms with Crippen molar-refractivity contribution in [1.29, 1.82) is 0 Å². The first kappa shape index (κ1) is 25.6. The molecule has 1 aliphatic heterocycles. The average molecular weight is 465 g/mol. The molecule has 0 atom stereocenters. The molecule has 0 aromatic heterocycles. The highest BCUT2D eigenvalue weighted by atomic mass is 28.3. The fraction of sp³-hybridized carbons (Fsp3) is 0.714. The topological polar surface area (TPSA) is 0 Å². The van der Waals surface area contributed by atoms with E-state index in [-0.39, 0.29) is 14.4 Å². The van der Waals surface area contributed by atoms with Gasteiger partial charge in [-0.25, -0.2) is 4.39 Å². The molecule has 0 N–H and O–H groups in total. The minimum atomic E-state index is -2.25. The van der Waals surface area contributed by atoms with E-state index in [0.29, 0.717) is 0 Å². The zero-order valence-electron chi connectivity index (χ0n) is 20.1. The third-order valence-electron chi connectivity index (χ3n) is 8.37. The molecule has 0 nitrogen and oxygen atoms in total. The molecule has 0 unspecified atom stereocenters. The van der Waals surface area contributed by atoms with Crippen LogP contribution in [0, 0.1) is 17.8 Å². The molecule has 3 rings (SSSR count). The Labute approximate surface area is 195 Å². The van der Waals surface area contributed by atoms with Crippen molar-refractivity contribution >= 4 is 14.6 Å². The Balaban J connectivity index is 1.27. The number of hydrogen-bond donors (Lipinski definition) is 0. The Morgan fingerprint density at radius 3 is 2.09 bits per heavy atom. The standard InChI is InChI=1S/C28H43F3Si/c1-2-3-6-19-32-20-17-25(18-21-32)24-13-9-22(10-14-24)7-4-5-8-23-11-15-26(16-12-23)27(29)28(30)31/h11-12,15-16,22,24-25,32H,2-10,13-14,17-21H2,1H3. The molecule has 4 heteroatoms. The highest BCUT2D eigenvalue weighted by Gasteiger charge is 2.30. The van der Waals surface area contributed by atoms with Gasteiger partial charge in [-0.2, -0.15) is 8.78 Å². The Kier molecular flexibility index (Phi) is 10.9. The number of rotatable bonds is 11. The van der Waals surface area contributed by atoms with E-state index in [1.165, 1.54) is 69.9 Å². The minimum Gasteiger partial charge on any atom is -0.200 e. The largest absolute Gasteiger partial charge is 0.306 e. The van der Waals surface area contributed by atoms with E-state index in [1.807, 2.05) is 0 Å². The van der Waals surface area contributed by atoms with Crippen molar-refractivity contribution in [2.45, 2.75) is 109 Å². The fourth-order valence-electron chi connectivity index (χ4n) is 6.27. The van der Waals surface area contributed by atoms with Crippen LogP contribution in [0.15, 0.2) is 30.3 Å². The number of hydrogen-bond acceptors (Lipinski definition) is 0. The van der Waals surface area contributed by atoms with Crippen molar-refractivity contribution in [2.75, 3.05) is 0 Å². The van der Waals surface area contributed by atoms with Gasteiger partial charge in [0.2, 0.25) is 0 Å². The maximum atomic E-state index is 13.3. The van der Waals surface area contributed by atoms with E-state index in [1.54, 1.807) is 43.1 Å². The van der Waals surface area contributed by atoms with Gasteiger partial charge in [-0.3, -0.25) is 0 Å². The molecule has 1 saturated carbocycles. The second-order valence-corrected chi connectivity index (χ2v) is 14.0. The van der Waals surface area contributed by atoms with E-state index in [9.17, 15) is 13.2 Å². The van der Waals surface area contributed by atoms with E-state index < -0.39 is 11.9 Å². The highest BCUT2D eigenvalue weighted by molar-refractivity contribution is 6.58. The molecule has 0 amide bonds. The van der Waals surface area contributed by atoms with Gasteiger partial charge in [-0.15, -0.1) is 0 Å². The van der Waals surface area contributed by atoms with Crippen molar-refractivity contribution < 1.29 is 13.2 Å². The Morgan fingerprint density at radius 2 is 1.47 bits per heavy atom. The van der Waals surface area contributed by atoms with Crippen LogP contribution in [0.5, 0.6) is 0 Å². The maximum Gasteiger partial charge on any atom is 0.306 e. The van der Waals surface area contributed by atoms with Gasteiger partial charge in [-0.05, 0) is 49.0 Å². The monoisotopic (exact) mass is 464 g/mol. The molecular weight excluding hydrogens is 421 g/mol. The molecule has 1 aromatic rings. The van der Waals surface area contributed by atoms with Crippen molar-refractivity contribution in [3.05, 3.63) is 41.5 Å². The average Bonchev–Trinajstić information content (AvgIpc) is 2.83. The Morgan fingerprint density at radius 1 is 0.812 bits per heavy atom. The van der Waals surface area contributed by atoms with Crippen LogP contribution in [-0.4, -0.2) is 8.80 Å². The molecule has 0 radical (unpaired) electrons. The minimum absolute atomic E-state index is 0.0298. The Hall–Kier alpha value is -1.03. The second-order valence-electron chi connectivity index (χ2n) is 10.6. The first-order valence-electron chi connectivity index (χ1n) is 13.4. The summed E-state index contributed by atoms with van der Waals surface area (Å²) >= 11 is 0. The lowest BCUT2D eigenvalue weighted by Gasteiger charge is -2.37. The van der Waals surface area contributed by atoms with Crippen molar-refractivity contribution in [2.24, 2.45) is 17.8 Å². The quantitative estimate of drug-likeness (QED) is 0.226. The lowest BCUT2D eigenvalue weighted by Crippen LogP contribution is -2.28. The molecule has 2 fully saturated rings. The van der Waals surface area contributed by atoms with Crippen LogP contribution in [-0.2, 0) is 6.42 Å².